The Hall–Kier alpha value is -2.48. The molecule has 2 aromatic rings. The van der Waals surface area contributed by atoms with E-state index in [2.05, 4.69) is 10.1 Å². The van der Waals surface area contributed by atoms with Crippen LogP contribution >= 0.6 is 0 Å². The van der Waals surface area contributed by atoms with Gasteiger partial charge >= 0.3 is 0 Å². The van der Waals surface area contributed by atoms with E-state index in [-0.39, 0.29) is 29.2 Å². The predicted molar refractivity (Wildman–Crippen MR) is 111 cm³/mol. The Bertz CT molecular complexity index is 907. The number of aryl methyl sites for hydroxylation is 2. The molecule has 0 bridgehead atoms. The molecule has 0 spiro atoms. The molecule has 168 valence electrons. The van der Waals surface area contributed by atoms with Crippen LogP contribution in [0.1, 0.15) is 53.1 Å². The number of carbonyl (C=O) groups is 1. The van der Waals surface area contributed by atoms with Gasteiger partial charge in [0.1, 0.15) is 28.7 Å². The molecule has 1 aromatic heterocycles. The fourth-order valence-corrected chi connectivity index (χ4v) is 4.52. The SMILES string of the molecule is Cc1noc(C)c1C(=O)N(C)CC1CC(Oc2cc(F)c(CN3CCCC3)c(F)c2)C1. The van der Waals surface area contributed by atoms with Gasteiger partial charge < -0.3 is 14.2 Å². The molecule has 2 aliphatic rings. The van der Waals surface area contributed by atoms with Crippen LogP contribution < -0.4 is 4.74 Å². The van der Waals surface area contributed by atoms with Gasteiger partial charge in [-0.05, 0) is 58.5 Å². The highest BCUT2D eigenvalue weighted by Crippen LogP contribution is 2.33. The molecule has 31 heavy (non-hydrogen) atoms. The number of ether oxygens (including phenoxy) is 1. The largest absolute Gasteiger partial charge is 0.490 e. The molecule has 1 amide bonds. The fourth-order valence-electron chi connectivity index (χ4n) is 4.52. The fraction of sp³-hybridized carbons (Fsp3) is 0.565. The summed E-state index contributed by atoms with van der Waals surface area (Å²) < 4.78 is 39.8. The van der Waals surface area contributed by atoms with Crippen molar-refractivity contribution in [3.8, 4) is 5.75 Å². The minimum atomic E-state index is -0.553. The minimum Gasteiger partial charge on any atom is -0.490 e. The maximum absolute atomic E-state index is 14.5. The van der Waals surface area contributed by atoms with Crippen molar-refractivity contribution in [3.63, 3.8) is 0 Å². The highest BCUT2D eigenvalue weighted by molar-refractivity contribution is 5.95. The number of halogens is 2. The number of carbonyl (C=O) groups excluding carboxylic acids is 1. The maximum Gasteiger partial charge on any atom is 0.259 e. The minimum absolute atomic E-state index is 0.101. The number of likely N-dealkylation sites (tertiary alicyclic amines) is 1. The van der Waals surface area contributed by atoms with Crippen molar-refractivity contribution in [3.05, 3.63) is 46.3 Å². The smallest absolute Gasteiger partial charge is 0.259 e. The van der Waals surface area contributed by atoms with E-state index < -0.39 is 11.6 Å². The Balaban J connectivity index is 1.28. The molecule has 1 aliphatic carbocycles. The van der Waals surface area contributed by atoms with Crippen molar-refractivity contribution in [2.45, 2.75) is 52.2 Å². The average molecular weight is 433 g/mol. The van der Waals surface area contributed by atoms with Gasteiger partial charge in [0.2, 0.25) is 0 Å². The number of nitrogens with zero attached hydrogens (tertiary/aromatic N) is 3. The van der Waals surface area contributed by atoms with Crippen LogP contribution in [-0.2, 0) is 6.54 Å². The highest BCUT2D eigenvalue weighted by atomic mass is 19.1. The highest BCUT2D eigenvalue weighted by Gasteiger charge is 2.34. The van der Waals surface area contributed by atoms with Crippen LogP contribution in [0.2, 0.25) is 0 Å². The molecule has 1 saturated heterocycles. The number of hydrogen-bond donors (Lipinski definition) is 0. The van der Waals surface area contributed by atoms with E-state index in [0.29, 0.717) is 30.1 Å². The van der Waals surface area contributed by atoms with Crippen molar-refractivity contribution in [2.24, 2.45) is 5.92 Å². The van der Waals surface area contributed by atoms with Gasteiger partial charge in [-0.3, -0.25) is 9.69 Å². The van der Waals surface area contributed by atoms with Gasteiger partial charge in [0.05, 0.1) is 11.8 Å². The van der Waals surface area contributed by atoms with E-state index in [1.807, 2.05) is 0 Å². The second-order valence-electron chi connectivity index (χ2n) is 8.81. The lowest BCUT2D eigenvalue weighted by Gasteiger charge is -2.37. The van der Waals surface area contributed by atoms with Crippen LogP contribution in [0, 0.1) is 31.4 Å². The summed E-state index contributed by atoms with van der Waals surface area (Å²) in [5.74, 6) is -0.197. The first kappa shape index (κ1) is 21.7. The maximum atomic E-state index is 14.5. The Morgan fingerprint density at radius 1 is 1.23 bits per heavy atom. The van der Waals surface area contributed by atoms with Crippen LogP contribution in [-0.4, -0.2) is 53.6 Å². The quantitative estimate of drug-likeness (QED) is 0.658. The van der Waals surface area contributed by atoms with E-state index in [0.717, 1.165) is 38.8 Å². The zero-order chi connectivity index (χ0) is 22.1. The van der Waals surface area contributed by atoms with Gasteiger partial charge in [0.15, 0.2) is 0 Å². The van der Waals surface area contributed by atoms with E-state index in [4.69, 9.17) is 9.26 Å². The van der Waals surface area contributed by atoms with E-state index in [9.17, 15) is 13.6 Å². The summed E-state index contributed by atoms with van der Waals surface area (Å²) >= 11 is 0. The lowest BCUT2D eigenvalue weighted by Crippen LogP contribution is -2.42. The van der Waals surface area contributed by atoms with Crippen LogP contribution in [0.3, 0.4) is 0 Å². The molecule has 0 unspecified atom stereocenters. The molecule has 4 rings (SSSR count). The average Bonchev–Trinajstić information content (AvgIpc) is 3.32. The van der Waals surface area contributed by atoms with Gasteiger partial charge in [-0.15, -0.1) is 0 Å². The Labute approximate surface area is 181 Å². The number of aromatic nitrogens is 1. The third kappa shape index (κ3) is 4.74. The molecule has 2 fully saturated rings. The molecule has 1 aromatic carbocycles. The summed E-state index contributed by atoms with van der Waals surface area (Å²) in [5, 5.41) is 3.83. The summed E-state index contributed by atoms with van der Waals surface area (Å²) in [4.78, 5) is 16.4. The zero-order valence-corrected chi connectivity index (χ0v) is 18.3. The van der Waals surface area contributed by atoms with Crippen molar-refractivity contribution in [1.82, 2.24) is 15.0 Å². The third-order valence-electron chi connectivity index (χ3n) is 6.32. The van der Waals surface area contributed by atoms with Crippen molar-refractivity contribution in [1.29, 1.82) is 0 Å². The first-order chi connectivity index (χ1) is 14.8. The number of benzene rings is 1. The normalized spacial score (nSPS) is 21.2. The summed E-state index contributed by atoms with van der Waals surface area (Å²) in [6.07, 6.45) is 3.52. The molecule has 0 N–H and O–H groups in total. The van der Waals surface area contributed by atoms with E-state index >= 15 is 0 Å². The topological polar surface area (TPSA) is 58.8 Å². The summed E-state index contributed by atoms with van der Waals surface area (Å²) in [6, 6.07) is 2.57. The molecular weight excluding hydrogens is 404 g/mol. The lowest BCUT2D eigenvalue weighted by molar-refractivity contribution is 0.0414. The molecule has 2 heterocycles. The molecule has 0 atom stereocenters. The predicted octanol–water partition coefficient (Wildman–Crippen LogP) is 4.10. The van der Waals surface area contributed by atoms with Crippen LogP contribution in [0.25, 0.3) is 0 Å². The zero-order valence-electron chi connectivity index (χ0n) is 18.3. The number of rotatable bonds is 7. The third-order valence-corrected chi connectivity index (χ3v) is 6.32. The number of hydrogen-bond acceptors (Lipinski definition) is 5. The second-order valence-corrected chi connectivity index (χ2v) is 8.81. The summed E-state index contributed by atoms with van der Waals surface area (Å²) in [7, 11) is 1.76. The first-order valence-electron chi connectivity index (χ1n) is 10.9. The molecule has 6 nitrogen and oxygen atoms in total. The second kappa shape index (κ2) is 8.94. The standard InChI is InChI=1S/C23H29F2N3O3/c1-14-22(15(2)31-26-14)23(29)27(3)12-16-8-17(9-16)30-18-10-20(24)19(21(25)11-18)13-28-6-4-5-7-28/h10-11,16-17H,4-9,12-13H2,1-3H3. The van der Waals surface area contributed by atoms with E-state index in [1.54, 1.807) is 25.8 Å². The molecular formula is C23H29F2N3O3. The van der Waals surface area contributed by atoms with Gasteiger partial charge in [-0.25, -0.2) is 8.78 Å². The van der Waals surface area contributed by atoms with Gasteiger partial charge in [0, 0.05) is 37.8 Å². The Kier molecular flexibility index (Phi) is 6.27. The van der Waals surface area contributed by atoms with Gasteiger partial charge in [-0.1, -0.05) is 5.16 Å². The van der Waals surface area contributed by atoms with Crippen LogP contribution in [0.4, 0.5) is 8.78 Å². The molecule has 1 aliphatic heterocycles. The lowest BCUT2D eigenvalue weighted by atomic mass is 9.82. The van der Waals surface area contributed by atoms with Gasteiger partial charge in [-0.2, -0.15) is 0 Å². The van der Waals surface area contributed by atoms with Crippen LogP contribution in [0.5, 0.6) is 5.75 Å². The number of amides is 1. The van der Waals surface area contributed by atoms with E-state index in [1.165, 1.54) is 12.1 Å². The summed E-state index contributed by atoms with van der Waals surface area (Å²) in [5.41, 5.74) is 1.20. The molecule has 0 radical (unpaired) electrons. The molecule has 8 heteroatoms. The van der Waals surface area contributed by atoms with Crippen molar-refractivity contribution < 1.29 is 22.8 Å². The Morgan fingerprint density at radius 2 is 1.87 bits per heavy atom. The first-order valence-corrected chi connectivity index (χ1v) is 10.9. The van der Waals surface area contributed by atoms with Crippen molar-refractivity contribution in [2.75, 3.05) is 26.7 Å². The van der Waals surface area contributed by atoms with Crippen molar-refractivity contribution >= 4 is 5.91 Å². The summed E-state index contributed by atoms with van der Waals surface area (Å²) in [6.45, 7) is 6.12. The molecule has 1 saturated carbocycles. The van der Waals surface area contributed by atoms with Gasteiger partial charge in [0.25, 0.3) is 5.91 Å². The Morgan fingerprint density at radius 3 is 2.45 bits per heavy atom. The van der Waals surface area contributed by atoms with Crippen LogP contribution in [0.15, 0.2) is 16.7 Å². The monoisotopic (exact) mass is 433 g/mol.